The first kappa shape index (κ1) is 12.0. The third kappa shape index (κ3) is 5.26. The Morgan fingerprint density at radius 1 is 1.69 bits per heavy atom. The average molecular weight is 183 g/mol. The van der Waals surface area contributed by atoms with Gasteiger partial charge in [-0.2, -0.15) is 0 Å². The Labute approximate surface area is 80.1 Å². The average Bonchev–Trinajstić information content (AvgIpc) is 2.13. The molecule has 13 heavy (non-hydrogen) atoms. The molecule has 0 saturated heterocycles. The number of hydrogen-bond acceptors (Lipinski definition) is 3. The van der Waals surface area contributed by atoms with E-state index in [0.29, 0.717) is 13.0 Å². The number of terminal acetylenes is 1. The van der Waals surface area contributed by atoms with Gasteiger partial charge < -0.3 is 9.64 Å². The molecule has 0 saturated carbocycles. The first-order valence-electron chi connectivity index (χ1n) is 4.31. The minimum Gasteiger partial charge on any atom is -0.469 e. The van der Waals surface area contributed by atoms with Crippen LogP contribution in [-0.4, -0.2) is 38.1 Å². The van der Waals surface area contributed by atoms with Crippen molar-refractivity contribution in [2.45, 2.75) is 13.3 Å². The first-order valence-corrected chi connectivity index (χ1v) is 4.31. The molecule has 74 valence electrons. The Morgan fingerprint density at radius 3 is 2.77 bits per heavy atom. The Balaban J connectivity index is 3.72. The molecule has 1 unspecified atom stereocenters. The molecule has 0 amide bonds. The van der Waals surface area contributed by atoms with E-state index in [1.54, 1.807) is 0 Å². The lowest BCUT2D eigenvalue weighted by Crippen LogP contribution is -2.29. The molecule has 0 aromatic rings. The monoisotopic (exact) mass is 183 g/mol. The van der Waals surface area contributed by atoms with Crippen LogP contribution in [0.15, 0.2) is 0 Å². The van der Waals surface area contributed by atoms with Crippen molar-refractivity contribution >= 4 is 5.97 Å². The summed E-state index contributed by atoms with van der Waals surface area (Å²) in [6.07, 6.45) is 5.84. The van der Waals surface area contributed by atoms with Crippen molar-refractivity contribution in [2.75, 3.05) is 27.2 Å². The zero-order chi connectivity index (χ0) is 10.3. The van der Waals surface area contributed by atoms with Crippen molar-refractivity contribution in [1.82, 2.24) is 4.90 Å². The van der Waals surface area contributed by atoms with Gasteiger partial charge in [0.15, 0.2) is 0 Å². The maximum absolute atomic E-state index is 11.0. The van der Waals surface area contributed by atoms with Gasteiger partial charge in [-0.05, 0) is 7.05 Å². The van der Waals surface area contributed by atoms with Crippen molar-refractivity contribution in [3.05, 3.63) is 0 Å². The maximum atomic E-state index is 11.0. The number of esters is 1. The highest BCUT2D eigenvalue weighted by atomic mass is 16.5. The number of carbonyl (C=O) groups is 1. The summed E-state index contributed by atoms with van der Waals surface area (Å²) in [6, 6.07) is 0. The second kappa shape index (κ2) is 6.50. The highest BCUT2D eigenvalue weighted by Crippen LogP contribution is 2.00. The van der Waals surface area contributed by atoms with Gasteiger partial charge in [0.1, 0.15) is 0 Å². The first-order chi connectivity index (χ1) is 6.11. The molecule has 0 aliphatic carbocycles. The van der Waals surface area contributed by atoms with Crippen molar-refractivity contribution < 1.29 is 9.53 Å². The molecular weight excluding hydrogens is 166 g/mol. The maximum Gasteiger partial charge on any atom is 0.309 e. The molecule has 0 aliphatic heterocycles. The van der Waals surface area contributed by atoms with E-state index < -0.39 is 0 Å². The molecule has 0 radical (unpaired) electrons. The van der Waals surface area contributed by atoms with Crippen molar-refractivity contribution in [1.29, 1.82) is 0 Å². The number of nitrogens with zero attached hydrogens (tertiary/aromatic N) is 1. The van der Waals surface area contributed by atoms with Crippen molar-refractivity contribution in [3.8, 4) is 12.3 Å². The fourth-order valence-electron chi connectivity index (χ4n) is 1.09. The molecular formula is C10H17NO2. The summed E-state index contributed by atoms with van der Waals surface area (Å²) in [4.78, 5) is 13.1. The van der Waals surface area contributed by atoms with Gasteiger partial charge in [0.2, 0.25) is 0 Å². The lowest BCUT2D eigenvalue weighted by molar-refractivity contribution is -0.145. The predicted molar refractivity (Wildman–Crippen MR) is 52.1 cm³/mol. The van der Waals surface area contributed by atoms with Crippen LogP contribution in [0.5, 0.6) is 0 Å². The van der Waals surface area contributed by atoms with Crippen LogP contribution in [-0.2, 0) is 9.53 Å². The van der Waals surface area contributed by atoms with E-state index in [0.717, 1.165) is 6.54 Å². The Kier molecular flexibility index (Phi) is 5.99. The van der Waals surface area contributed by atoms with Crippen LogP contribution >= 0.6 is 0 Å². The second-order valence-electron chi connectivity index (χ2n) is 3.14. The minimum absolute atomic E-state index is 0.0900. The Hall–Kier alpha value is -1.01. The highest BCUT2D eigenvalue weighted by Gasteiger charge is 2.14. The van der Waals surface area contributed by atoms with Gasteiger partial charge in [-0.15, -0.1) is 12.3 Å². The number of carbonyl (C=O) groups excluding carboxylic acids is 1. The lowest BCUT2D eigenvalue weighted by atomic mass is 10.2. The van der Waals surface area contributed by atoms with Gasteiger partial charge in [0, 0.05) is 19.5 Å². The standard InChI is InChI=1S/C10H17NO2/c1-5-6-7-11(3)8-9(2)10(12)13-4/h1,9H,6-8H2,2-4H3. The SMILES string of the molecule is C#CCCN(C)CC(C)C(=O)OC. The van der Waals surface area contributed by atoms with Crippen LogP contribution in [0.2, 0.25) is 0 Å². The van der Waals surface area contributed by atoms with E-state index in [2.05, 4.69) is 10.7 Å². The van der Waals surface area contributed by atoms with Crippen molar-refractivity contribution in [3.63, 3.8) is 0 Å². The fraction of sp³-hybridized carbons (Fsp3) is 0.700. The summed E-state index contributed by atoms with van der Waals surface area (Å²) in [5.41, 5.74) is 0. The summed E-state index contributed by atoms with van der Waals surface area (Å²) in [5, 5.41) is 0. The molecule has 0 rings (SSSR count). The molecule has 0 heterocycles. The zero-order valence-corrected chi connectivity index (χ0v) is 8.54. The number of methoxy groups -OCH3 is 1. The van der Waals surface area contributed by atoms with Crippen molar-refractivity contribution in [2.24, 2.45) is 5.92 Å². The molecule has 0 bridgehead atoms. The summed E-state index contributed by atoms with van der Waals surface area (Å²) >= 11 is 0. The fourth-order valence-corrected chi connectivity index (χ4v) is 1.09. The summed E-state index contributed by atoms with van der Waals surface area (Å²) in [6.45, 7) is 3.35. The zero-order valence-electron chi connectivity index (χ0n) is 8.54. The van der Waals surface area contributed by atoms with Gasteiger partial charge in [-0.3, -0.25) is 4.79 Å². The van der Waals surface area contributed by atoms with E-state index in [1.807, 2.05) is 18.9 Å². The topological polar surface area (TPSA) is 29.5 Å². The molecule has 0 spiro atoms. The van der Waals surface area contributed by atoms with Crippen LogP contribution in [0.1, 0.15) is 13.3 Å². The van der Waals surface area contributed by atoms with Gasteiger partial charge in [-0.25, -0.2) is 0 Å². The largest absolute Gasteiger partial charge is 0.469 e. The second-order valence-corrected chi connectivity index (χ2v) is 3.14. The predicted octanol–water partition coefficient (Wildman–Crippen LogP) is 0.751. The van der Waals surface area contributed by atoms with Gasteiger partial charge in [0.25, 0.3) is 0 Å². The Bertz CT molecular complexity index is 196. The summed E-state index contributed by atoms with van der Waals surface area (Å²) in [5.74, 6) is 2.29. The third-order valence-corrected chi connectivity index (χ3v) is 1.83. The molecule has 0 N–H and O–H groups in total. The molecule has 1 atom stereocenters. The van der Waals surface area contributed by atoms with E-state index in [1.165, 1.54) is 7.11 Å². The van der Waals surface area contributed by atoms with Gasteiger partial charge >= 0.3 is 5.97 Å². The van der Waals surface area contributed by atoms with Crippen LogP contribution in [0.3, 0.4) is 0 Å². The molecule has 0 aliphatic rings. The summed E-state index contributed by atoms with van der Waals surface area (Å²) in [7, 11) is 3.34. The normalized spacial score (nSPS) is 12.2. The van der Waals surface area contributed by atoms with E-state index in [4.69, 9.17) is 6.42 Å². The lowest BCUT2D eigenvalue weighted by Gasteiger charge is -2.18. The van der Waals surface area contributed by atoms with E-state index in [-0.39, 0.29) is 11.9 Å². The summed E-state index contributed by atoms with van der Waals surface area (Å²) < 4.78 is 4.61. The van der Waals surface area contributed by atoms with Crippen LogP contribution in [0.4, 0.5) is 0 Å². The van der Waals surface area contributed by atoms with Crippen LogP contribution in [0.25, 0.3) is 0 Å². The molecule has 0 aromatic carbocycles. The number of hydrogen-bond donors (Lipinski definition) is 0. The molecule has 3 nitrogen and oxygen atoms in total. The van der Waals surface area contributed by atoms with Gasteiger partial charge in [-0.1, -0.05) is 6.92 Å². The number of rotatable bonds is 5. The van der Waals surface area contributed by atoms with Crippen LogP contribution in [0, 0.1) is 18.3 Å². The van der Waals surface area contributed by atoms with Crippen LogP contribution < -0.4 is 0 Å². The molecule has 3 heteroatoms. The third-order valence-electron chi connectivity index (χ3n) is 1.83. The smallest absolute Gasteiger partial charge is 0.309 e. The number of ether oxygens (including phenoxy) is 1. The Morgan fingerprint density at radius 2 is 2.31 bits per heavy atom. The quantitative estimate of drug-likeness (QED) is 0.465. The molecule has 0 aromatic heterocycles. The van der Waals surface area contributed by atoms with E-state index in [9.17, 15) is 4.79 Å². The van der Waals surface area contributed by atoms with Gasteiger partial charge in [0.05, 0.1) is 13.0 Å². The van der Waals surface area contributed by atoms with E-state index >= 15 is 0 Å². The molecule has 0 fully saturated rings. The minimum atomic E-state index is -0.174. The highest BCUT2D eigenvalue weighted by molar-refractivity contribution is 5.71.